The fourth-order valence-electron chi connectivity index (χ4n) is 2.91. The van der Waals surface area contributed by atoms with Crippen molar-refractivity contribution in [2.75, 3.05) is 26.9 Å². The maximum absolute atomic E-state index is 12.7. The fraction of sp³-hybridized carbons (Fsp3) is 0.400. The Morgan fingerprint density at radius 2 is 1.67 bits per heavy atom. The van der Waals surface area contributed by atoms with Gasteiger partial charge in [-0.15, -0.1) is 0 Å². The van der Waals surface area contributed by atoms with E-state index >= 15 is 0 Å². The molecule has 0 aliphatic carbocycles. The number of ether oxygens (including phenoxy) is 2. The lowest BCUT2D eigenvalue weighted by atomic mass is 10.1. The molecule has 1 atom stereocenters. The summed E-state index contributed by atoms with van der Waals surface area (Å²) in [4.78, 5) is 0.183. The third-order valence-corrected chi connectivity index (χ3v) is 5.67. The van der Waals surface area contributed by atoms with Gasteiger partial charge in [-0.2, -0.15) is 0 Å². The van der Waals surface area contributed by atoms with Crippen molar-refractivity contribution in [1.82, 2.24) is 4.72 Å². The maximum Gasteiger partial charge on any atom is 0.240 e. The van der Waals surface area contributed by atoms with E-state index in [4.69, 9.17) is 14.6 Å². The summed E-state index contributed by atoms with van der Waals surface area (Å²) in [6.45, 7) is 5.65. The summed E-state index contributed by atoms with van der Waals surface area (Å²) in [6, 6.07) is 10.8. The van der Waals surface area contributed by atoms with E-state index in [2.05, 4.69) is 4.72 Å². The SMILES string of the molecule is COc1c(C)cc(S(=O)(=O)NC[C@@H](OCCO)c2ccc(C)cc2)cc1C. The van der Waals surface area contributed by atoms with Crippen LogP contribution in [0, 0.1) is 20.8 Å². The second-order valence-electron chi connectivity index (χ2n) is 6.44. The molecule has 0 saturated heterocycles. The molecule has 0 amide bonds. The standard InChI is InChI=1S/C20H27NO5S/c1-14-5-7-17(8-6-14)19(26-10-9-22)13-21-27(23,24)18-11-15(2)20(25-4)16(3)12-18/h5-8,11-12,19,21-22H,9-10,13H2,1-4H3/t19-/m1/s1. The minimum atomic E-state index is -3.71. The molecular formula is C20H27NO5S. The zero-order valence-corrected chi connectivity index (χ0v) is 17.0. The first kappa shape index (κ1) is 21.4. The highest BCUT2D eigenvalue weighted by atomic mass is 32.2. The molecule has 0 bridgehead atoms. The van der Waals surface area contributed by atoms with Crippen molar-refractivity contribution in [3.63, 3.8) is 0 Å². The molecule has 0 heterocycles. The van der Waals surface area contributed by atoms with E-state index in [0.717, 1.165) is 22.3 Å². The molecule has 6 nitrogen and oxygen atoms in total. The van der Waals surface area contributed by atoms with E-state index in [0.29, 0.717) is 5.75 Å². The lowest BCUT2D eigenvalue weighted by Crippen LogP contribution is -2.30. The number of benzene rings is 2. The zero-order chi connectivity index (χ0) is 20.0. The van der Waals surface area contributed by atoms with Gasteiger partial charge in [-0.25, -0.2) is 13.1 Å². The van der Waals surface area contributed by atoms with Crippen LogP contribution in [0.5, 0.6) is 5.75 Å². The Morgan fingerprint density at radius 1 is 1.07 bits per heavy atom. The van der Waals surface area contributed by atoms with Gasteiger partial charge < -0.3 is 14.6 Å². The van der Waals surface area contributed by atoms with Gasteiger partial charge in [0.2, 0.25) is 10.0 Å². The number of methoxy groups -OCH3 is 1. The van der Waals surface area contributed by atoms with Gasteiger partial charge in [0, 0.05) is 6.54 Å². The second-order valence-corrected chi connectivity index (χ2v) is 8.20. The third-order valence-electron chi connectivity index (χ3n) is 4.27. The van der Waals surface area contributed by atoms with E-state index in [1.165, 1.54) is 0 Å². The van der Waals surface area contributed by atoms with Crippen LogP contribution in [0.1, 0.15) is 28.4 Å². The summed E-state index contributed by atoms with van der Waals surface area (Å²) in [6.07, 6.45) is -0.493. The smallest absolute Gasteiger partial charge is 0.240 e. The minimum Gasteiger partial charge on any atom is -0.496 e. The molecule has 148 valence electrons. The summed E-state index contributed by atoms with van der Waals surface area (Å²) in [5, 5.41) is 9.05. The predicted molar refractivity (Wildman–Crippen MR) is 105 cm³/mol. The lowest BCUT2D eigenvalue weighted by Gasteiger charge is -2.19. The van der Waals surface area contributed by atoms with Gasteiger partial charge in [0.1, 0.15) is 5.75 Å². The van der Waals surface area contributed by atoms with Crippen molar-refractivity contribution in [3.05, 3.63) is 58.7 Å². The van der Waals surface area contributed by atoms with E-state index in [-0.39, 0.29) is 24.7 Å². The van der Waals surface area contributed by atoms with E-state index in [1.807, 2.05) is 45.0 Å². The van der Waals surface area contributed by atoms with Crippen LogP contribution in [0.4, 0.5) is 0 Å². The minimum absolute atomic E-state index is 0.0650. The average Bonchev–Trinajstić information content (AvgIpc) is 2.62. The van der Waals surface area contributed by atoms with Gasteiger partial charge >= 0.3 is 0 Å². The van der Waals surface area contributed by atoms with Crippen LogP contribution in [0.3, 0.4) is 0 Å². The maximum atomic E-state index is 12.7. The van der Waals surface area contributed by atoms with Gasteiger partial charge in [0.25, 0.3) is 0 Å². The van der Waals surface area contributed by atoms with Crippen LogP contribution in [0.15, 0.2) is 41.3 Å². The third kappa shape index (κ3) is 5.52. The Hall–Kier alpha value is -1.93. The van der Waals surface area contributed by atoms with E-state index < -0.39 is 16.1 Å². The fourth-order valence-corrected chi connectivity index (χ4v) is 4.11. The van der Waals surface area contributed by atoms with E-state index in [1.54, 1.807) is 19.2 Å². The summed E-state index contributed by atoms with van der Waals surface area (Å²) < 4.78 is 39.0. The molecule has 0 saturated carbocycles. The van der Waals surface area contributed by atoms with Crippen molar-refractivity contribution >= 4 is 10.0 Å². The van der Waals surface area contributed by atoms with Crippen LogP contribution < -0.4 is 9.46 Å². The van der Waals surface area contributed by atoms with Crippen molar-refractivity contribution in [2.24, 2.45) is 0 Å². The molecule has 0 aliphatic rings. The summed E-state index contributed by atoms with van der Waals surface area (Å²) in [7, 11) is -2.15. The largest absolute Gasteiger partial charge is 0.496 e. The Balaban J connectivity index is 2.20. The molecule has 2 aromatic rings. The van der Waals surface area contributed by atoms with Crippen molar-refractivity contribution in [2.45, 2.75) is 31.8 Å². The number of hydrogen-bond donors (Lipinski definition) is 2. The zero-order valence-electron chi connectivity index (χ0n) is 16.2. The summed E-state index contributed by atoms with van der Waals surface area (Å²) in [5.74, 6) is 0.678. The Kier molecular flexibility index (Phi) is 7.38. The number of aliphatic hydroxyl groups is 1. The number of aryl methyl sites for hydroxylation is 3. The quantitative estimate of drug-likeness (QED) is 0.684. The summed E-state index contributed by atoms with van der Waals surface area (Å²) in [5.41, 5.74) is 3.46. The van der Waals surface area contributed by atoms with Gasteiger partial charge in [-0.1, -0.05) is 29.8 Å². The molecule has 27 heavy (non-hydrogen) atoms. The Bertz CT molecular complexity index is 839. The first-order valence-electron chi connectivity index (χ1n) is 8.72. The van der Waals surface area contributed by atoms with Gasteiger partial charge in [-0.05, 0) is 49.6 Å². The molecule has 0 aromatic heterocycles. The molecule has 0 spiro atoms. The summed E-state index contributed by atoms with van der Waals surface area (Å²) >= 11 is 0. The number of rotatable bonds is 9. The molecule has 0 aliphatic heterocycles. The lowest BCUT2D eigenvalue weighted by molar-refractivity contribution is 0.0309. The first-order valence-corrected chi connectivity index (χ1v) is 10.2. The molecule has 7 heteroatoms. The van der Waals surface area contributed by atoms with Gasteiger partial charge in [-0.3, -0.25) is 0 Å². The molecule has 2 aromatic carbocycles. The van der Waals surface area contributed by atoms with Gasteiger partial charge in [0.15, 0.2) is 0 Å². The number of sulfonamides is 1. The molecule has 0 fully saturated rings. The highest BCUT2D eigenvalue weighted by Crippen LogP contribution is 2.26. The highest BCUT2D eigenvalue weighted by molar-refractivity contribution is 7.89. The van der Waals surface area contributed by atoms with Crippen molar-refractivity contribution in [3.8, 4) is 5.75 Å². The number of aliphatic hydroxyl groups excluding tert-OH is 1. The van der Waals surface area contributed by atoms with Crippen LogP contribution >= 0.6 is 0 Å². The molecular weight excluding hydrogens is 366 g/mol. The van der Waals surface area contributed by atoms with Crippen LogP contribution in [-0.2, 0) is 14.8 Å². The molecule has 2 N–H and O–H groups in total. The monoisotopic (exact) mass is 393 g/mol. The van der Waals surface area contributed by atoms with Crippen LogP contribution in [0.2, 0.25) is 0 Å². The normalized spacial score (nSPS) is 12.8. The first-order chi connectivity index (χ1) is 12.8. The van der Waals surface area contributed by atoms with Crippen molar-refractivity contribution in [1.29, 1.82) is 0 Å². The van der Waals surface area contributed by atoms with Crippen molar-refractivity contribution < 1.29 is 23.0 Å². The number of nitrogens with one attached hydrogen (secondary N) is 1. The number of hydrogen-bond acceptors (Lipinski definition) is 5. The molecule has 0 radical (unpaired) electrons. The Morgan fingerprint density at radius 3 is 2.19 bits per heavy atom. The van der Waals surface area contributed by atoms with E-state index in [9.17, 15) is 8.42 Å². The molecule has 0 unspecified atom stereocenters. The average molecular weight is 394 g/mol. The Labute approximate surface area is 161 Å². The molecule has 2 rings (SSSR count). The second kappa shape index (κ2) is 9.32. The van der Waals surface area contributed by atoms with Crippen LogP contribution in [0.25, 0.3) is 0 Å². The predicted octanol–water partition coefficient (Wildman–Crippen LogP) is 2.65. The van der Waals surface area contributed by atoms with Crippen LogP contribution in [-0.4, -0.2) is 40.4 Å². The van der Waals surface area contributed by atoms with Gasteiger partial charge in [0.05, 0.1) is 31.3 Å². The topological polar surface area (TPSA) is 84.9 Å². The highest BCUT2D eigenvalue weighted by Gasteiger charge is 2.20.